The third kappa shape index (κ3) is 13.2. The Bertz CT molecular complexity index is 976. The van der Waals surface area contributed by atoms with Crippen molar-refractivity contribution in [3.05, 3.63) is 0 Å². The van der Waals surface area contributed by atoms with Gasteiger partial charge in [0.15, 0.2) is 11.6 Å². The molecule has 1 unspecified atom stereocenters. The Balaban J connectivity index is 2.30. The van der Waals surface area contributed by atoms with E-state index in [0.29, 0.717) is 38.3 Å². The summed E-state index contributed by atoms with van der Waals surface area (Å²) in [7, 11) is 0. The molecule has 11 nitrogen and oxygen atoms in total. The van der Waals surface area contributed by atoms with E-state index in [2.05, 4.69) is 16.0 Å². The Hall–Kier alpha value is -3.11. The topological polar surface area (TPSA) is 159 Å². The smallest absolute Gasteiger partial charge is 0.233 e. The number of imide groups is 1. The summed E-state index contributed by atoms with van der Waals surface area (Å²) in [5, 5.41) is 8.08. The maximum Gasteiger partial charge on any atom is 0.233 e. The standard InChI is InChI=1S/C31H52N4O7/c1-19(2)17-33-30(41)22(7)15-25(37)29(21(5)6)34-27(39)13-12-23(36)18-32-26(38)11-9-8-10-14-35-28(40)16-24(20(3)4)31(35)42/h19-22,24,29H,8-18H2,1-7H3,(H,32,38)(H,33,41)(H,34,39)/t22-,24?,29+/m1/s1. The Morgan fingerprint density at radius 3 is 2.07 bits per heavy atom. The van der Waals surface area contributed by atoms with Crippen LogP contribution >= 0.6 is 0 Å². The molecule has 0 radical (unpaired) electrons. The number of hydrogen-bond donors (Lipinski definition) is 3. The van der Waals surface area contributed by atoms with Gasteiger partial charge in [0.05, 0.1) is 12.6 Å². The van der Waals surface area contributed by atoms with Crippen molar-refractivity contribution >= 4 is 41.1 Å². The fourth-order valence-electron chi connectivity index (χ4n) is 4.69. The van der Waals surface area contributed by atoms with Gasteiger partial charge in [-0.15, -0.1) is 0 Å². The van der Waals surface area contributed by atoms with Crippen molar-refractivity contribution in [1.29, 1.82) is 0 Å². The second kappa shape index (κ2) is 18.4. The number of carbonyl (C=O) groups is 7. The number of likely N-dealkylation sites (tertiary alicyclic amines) is 1. The van der Waals surface area contributed by atoms with E-state index in [-0.39, 0.29) is 91.6 Å². The molecule has 0 saturated carbocycles. The zero-order valence-corrected chi connectivity index (χ0v) is 26.5. The third-order valence-electron chi connectivity index (χ3n) is 7.45. The van der Waals surface area contributed by atoms with E-state index in [9.17, 15) is 33.6 Å². The van der Waals surface area contributed by atoms with Crippen LogP contribution in [0.15, 0.2) is 0 Å². The van der Waals surface area contributed by atoms with Gasteiger partial charge < -0.3 is 16.0 Å². The van der Waals surface area contributed by atoms with Gasteiger partial charge in [-0.2, -0.15) is 0 Å². The molecule has 1 fully saturated rings. The molecule has 3 N–H and O–H groups in total. The quantitative estimate of drug-likeness (QED) is 0.145. The number of nitrogens with one attached hydrogen (secondary N) is 3. The SMILES string of the molecule is CC(C)CNC(=O)[C@H](C)CC(=O)[C@@H](NC(=O)CCC(=O)CNC(=O)CCCCCN1C(=O)CC(C(C)C)C1=O)C(C)C. The fraction of sp³-hybridized carbons (Fsp3) is 0.774. The number of hydrogen-bond acceptors (Lipinski definition) is 7. The highest BCUT2D eigenvalue weighted by molar-refractivity contribution is 6.03. The summed E-state index contributed by atoms with van der Waals surface area (Å²) >= 11 is 0. The van der Waals surface area contributed by atoms with Crippen molar-refractivity contribution in [2.45, 2.75) is 106 Å². The maximum absolute atomic E-state index is 12.8. The molecule has 5 amide bonds. The highest BCUT2D eigenvalue weighted by Crippen LogP contribution is 2.26. The largest absolute Gasteiger partial charge is 0.356 e. The van der Waals surface area contributed by atoms with E-state index in [0.717, 1.165) is 0 Å². The summed E-state index contributed by atoms with van der Waals surface area (Å²) < 4.78 is 0. The maximum atomic E-state index is 12.8. The number of unbranched alkanes of at least 4 members (excludes halogenated alkanes) is 2. The highest BCUT2D eigenvalue weighted by Gasteiger charge is 2.39. The summed E-state index contributed by atoms with van der Waals surface area (Å²) in [6.45, 7) is 13.8. The van der Waals surface area contributed by atoms with Crippen LogP contribution in [0.2, 0.25) is 0 Å². The lowest BCUT2D eigenvalue weighted by molar-refractivity contribution is -0.140. The molecule has 0 aliphatic carbocycles. The van der Waals surface area contributed by atoms with Gasteiger partial charge in [-0.25, -0.2) is 0 Å². The second-order valence-electron chi connectivity index (χ2n) is 12.6. The summed E-state index contributed by atoms with van der Waals surface area (Å²) in [5.74, 6) is -2.21. The van der Waals surface area contributed by atoms with Crippen LogP contribution in [0.25, 0.3) is 0 Å². The minimum absolute atomic E-state index is 0.00508. The fourth-order valence-corrected chi connectivity index (χ4v) is 4.69. The Morgan fingerprint density at radius 1 is 0.833 bits per heavy atom. The van der Waals surface area contributed by atoms with Gasteiger partial charge >= 0.3 is 0 Å². The highest BCUT2D eigenvalue weighted by atomic mass is 16.2. The van der Waals surface area contributed by atoms with E-state index < -0.39 is 17.9 Å². The van der Waals surface area contributed by atoms with Crippen molar-refractivity contribution in [2.75, 3.05) is 19.6 Å². The van der Waals surface area contributed by atoms with Crippen LogP contribution in [0.4, 0.5) is 0 Å². The Kier molecular flexibility index (Phi) is 16.2. The van der Waals surface area contributed by atoms with Crippen molar-refractivity contribution in [2.24, 2.45) is 29.6 Å². The first-order chi connectivity index (χ1) is 19.6. The Morgan fingerprint density at radius 2 is 1.50 bits per heavy atom. The van der Waals surface area contributed by atoms with Crippen LogP contribution in [-0.4, -0.2) is 71.7 Å². The molecule has 238 valence electrons. The van der Waals surface area contributed by atoms with Gasteiger partial charge in [-0.1, -0.05) is 54.9 Å². The zero-order valence-electron chi connectivity index (χ0n) is 26.5. The molecule has 1 saturated heterocycles. The predicted octanol–water partition coefficient (Wildman–Crippen LogP) is 2.55. The van der Waals surface area contributed by atoms with Crippen LogP contribution in [0.1, 0.15) is 99.8 Å². The second-order valence-corrected chi connectivity index (χ2v) is 12.6. The lowest BCUT2D eigenvalue weighted by Gasteiger charge is -2.23. The molecule has 1 aliphatic rings. The summed E-state index contributed by atoms with van der Waals surface area (Å²) in [6, 6.07) is -0.758. The molecule has 1 aliphatic heterocycles. The van der Waals surface area contributed by atoms with Crippen molar-refractivity contribution < 1.29 is 33.6 Å². The van der Waals surface area contributed by atoms with Crippen LogP contribution in [-0.2, 0) is 33.6 Å². The molecule has 42 heavy (non-hydrogen) atoms. The van der Waals surface area contributed by atoms with E-state index in [1.54, 1.807) is 20.8 Å². The molecular weight excluding hydrogens is 540 g/mol. The molecule has 3 atom stereocenters. The van der Waals surface area contributed by atoms with Crippen molar-refractivity contribution in [1.82, 2.24) is 20.9 Å². The normalized spacial score (nSPS) is 16.6. The summed E-state index contributed by atoms with van der Waals surface area (Å²) in [6.07, 6.45) is 2.16. The van der Waals surface area contributed by atoms with Crippen LogP contribution in [0.5, 0.6) is 0 Å². The van der Waals surface area contributed by atoms with Gasteiger partial charge in [0.1, 0.15) is 0 Å². The zero-order chi connectivity index (χ0) is 32.0. The number of carbonyl (C=O) groups excluding carboxylic acids is 7. The number of nitrogens with zero attached hydrogens (tertiary/aromatic N) is 1. The van der Waals surface area contributed by atoms with Gasteiger partial charge in [-0.3, -0.25) is 38.5 Å². The minimum atomic E-state index is -0.758. The number of amides is 5. The molecular formula is C31H52N4O7. The average molecular weight is 593 g/mol. The van der Waals surface area contributed by atoms with E-state index in [1.165, 1.54) is 4.90 Å². The first-order valence-corrected chi connectivity index (χ1v) is 15.4. The van der Waals surface area contributed by atoms with E-state index >= 15 is 0 Å². The third-order valence-corrected chi connectivity index (χ3v) is 7.45. The van der Waals surface area contributed by atoms with E-state index in [4.69, 9.17) is 0 Å². The lowest BCUT2D eigenvalue weighted by Crippen LogP contribution is -2.46. The molecule has 0 bridgehead atoms. The van der Waals surface area contributed by atoms with Crippen LogP contribution in [0, 0.1) is 29.6 Å². The molecule has 0 aromatic carbocycles. The molecule has 0 spiro atoms. The summed E-state index contributed by atoms with van der Waals surface area (Å²) in [5.41, 5.74) is 0. The van der Waals surface area contributed by atoms with E-state index in [1.807, 2.05) is 27.7 Å². The minimum Gasteiger partial charge on any atom is -0.356 e. The molecule has 1 rings (SSSR count). The molecule has 1 heterocycles. The molecule has 0 aromatic heterocycles. The molecule has 11 heteroatoms. The van der Waals surface area contributed by atoms with Gasteiger partial charge in [0.2, 0.25) is 29.5 Å². The Labute approximate surface area is 250 Å². The average Bonchev–Trinajstić information content (AvgIpc) is 3.20. The number of rotatable bonds is 20. The summed E-state index contributed by atoms with van der Waals surface area (Å²) in [4.78, 5) is 87.6. The predicted molar refractivity (Wildman–Crippen MR) is 159 cm³/mol. The van der Waals surface area contributed by atoms with Gasteiger partial charge in [0.25, 0.3) is 0 Å². The van der Waals surface area contributed by atoms with Gasteiger partial charge in [0, 0.05) is 57.0 Å². The first-order valence-electron chi connectivity index (χ1n) is 15.4. The number of Topliss-reactive ketones (excluding diaryl/α,β-unsaturated/α-hetero) is 2. The van der Waals surface area contributed by atoms with Crippen molar-refractivity contribution in [3.63, 3.8) is 0 Å². The van der Waals surface area contributed by atoms with Crippen LogP contribution in [0.3, 0.4) is 0 Å². The van der Waals surface area contributed by atoms with Crippen molar-refractivity contribution in [3.8, 4) is 0 Å². The van der Waals surface area contributed by atoms with Crippen LogP contribution < -0.4 is 16.0 Å². The molecule has 0 aromatic rings. The lowest BCUT2D eigenvalue weighted by atomic mass is 9.92. The number of ketones is 2. The monoisotopic (exact) mass is 592 g/mol. The first kappa shape index (κ1) is 36.9. The van der Waals surface area contributed by atoms with Gasteiger partial charge in [-0.05, 0) is 30.6 Å².